The van der Waals surface area contributed by atoms with Gasteiger partial charge in [0.05, 0.1) is 6.10 Å². The lowest BCUT2D eigenvalue weighted by Gasteiger charge is -2.38. The molecule has 0 fully saturated rings. The molecular formula is C15H24O2Si. The van der Waals surface area contributed by atoms with Gasteiger partial charge in [0.25, 0.3) is 0 Å². The summed E-state index contributed by atoms with van der Waals surface area (Å²) in [5.41, 5.74) is 1.84. The molecule has 0 bridgehead atoms. The Hall–Kier alpha value is -0.933. The lowest BCUT2D eigenvalue weighted by atomic mass is 10.1. The van der Waals surface area contributed by atoms with Crippen LogP contribution < -0.4 is 0 Å². The monoisotopic (exact) mass is 264 g/mol. The van der Waals surface area contributed by atoms with Crippen molar-refractivity contribution in [3.05, 3.63) is 35.4 Å². The minimum absolute atomic E-state index is 0.0755. The van der Waals surface area contributed by atoms with Crippen LogP contribution in [-0.4, -0.2) is 14.6 Å². The van der Waals surface area contributed by atoms with Gasteiger partial charge in [-0.3, -0.25) is 4.79 Å². The van der Waals surface area contributed by atoms with Gasteiger partial charge in [-0.05, 0) is 30.6 Å². The molecule has 0 radical (unpaired) electrons. The first-order chi connectivity index (χ1) is 8.17. The minimum Gasteiger partial charge on any atom is -0.410 e. The minimum atomic E-state index is -1.74. The van der Waals surface area contributed by atoms with Gasteiger partial charge in [0.15, 0.2) is 8.32 Å². The molecule has 0 aliphatic heterocycles. The first-order valence-electron chi connectivity index (χ1n) is 6.40. The number of hydrogen-bond donors (Lipinski definition) is 0. The molecule has 18 heavy (non-hydrogen) atoms. The van der Waals surface area contributed by atoms with Crippen molar-refractivity contribution in [3.63, 3.8) is 0 Å². The Kier molecular flexibility index (Phi) is 4.51. The van der Waals surface area contributed by atoms with Gasteiger partial charge in [0.1, 0.15) is 6.29 Å². The van der Waals surface area contributed by atoms with E-state index in [1.54, 1.807) is 0 Å². The normalized spacial score (nSPS) is 14.3. The van der Waals surface area contributed by atoms with Crippen LogP contribution in [0.25, 0.3) is 0 Å². The second-order valence-electron chi connectivity index (χ2n) is 6.30. The fourth-order valence-corrected chi connectivity index (χ4v) is 2.91. The van der Waals surface area contributed by atoms with Crippen molar-refractivity contribution >= 4 is 14.6 Å². The SMILES string of the molecule is C[C@@H](O[Si](C)(C)C(C)(C)C)c1ccc(C=O)cc1. The Morgan fingerprint density at radius 2 is 1.67 bits per heavy atom. The zero-order chi connectivity index (χ0) is 14.0. The Bertz CT molecular complexity index is 401. The lowest BCUT2D eigenvalue weighted by Crippen LogP contribution is -2.41. The molecule has 0 saturated carbocycles. The molecule has 0 aromatic heterocycles. The maximum Gasteiger partial charge on any atom is 0.192 e. The molecule has 0 N–H and O–H groups in total. The fourth-order valence-electron chi connectivity index (χ4n) is 1.53. The Balaban J connectivity index is 2.81. The summed E-state index contributed by atoms with van der Waals surface area (Å²) >= 11 is 0. The Morgan fingerprint density at radius 1 is 1.17 bits per heavy atom. The summed E-state index contributed by atoms with van der Waals surface area (Å²) in [6.45, 7) is 13.3. The standard InChI is InChI=1S/C15H24O2Si/c1-12(17-18(5,6)15(2,3)4)14-9-7-13(11-16)8-10-14/h7-12H,1-6H3/t12-/m1/s1. The van der Waals surface area contributed by atoms with Crippen molar-refractivity contribution in [3.8, 4) is 0 Å². The van der Waals surface area contributed by atoms with E-state index in [2.05, 4.69) is 40.8 Å². The molecule has 0 spiro atoms. The summed E-state index contributed by atoms with van der Waals surface area (Å²) in [7, 11) is -1.74. The molecule has 1 aromatic carbocycles. The van der Waals surface area contributed by atoms with Gasteiger partial charge in [-0.1, -0.05) is 45.0 Å². The maximum atomic E-state index is 10.6. The van der Waals surface area contributed by atoms with E-state index in [9.17, 15) is 4.79 Å². The number of carbonyl (C=O) groups excluding carboxylic acids is 1. The topological polar surface area (TPSA) is 26.3 Å². The molecule has 3 heteroatoms. The molecular weight excluding hydrogens is 240 g/mol. The van der Waals surface area contributed by atoms with Crippen molar-refractivity contribution in [1.82, 2.24) is 0 Å². The summed E-state index contributed by atoms with van der Waals surface area (Å²) in [6.07, 6.45) is 0.940. The molecule has 100 valence electrons. The van der Waals surface area contributed by atoms with Gasteiger partial charge in [0, 0.05) is 5.56 Å². The van der Waals surface area contributed by atoms with Crippen LogP contribution in [0.1, 0.15) is 49.7 Å². The van der Waals surface area contributed by atoms with E-state index in [1.165, 1.54) is 0 Å². The molecule has 1 rings (SSSR count). The number of rotatable bonds is 4. The third kappa shape index (κ3) is 3.53. The van der Waals surface area contributed by atoms with Gasteiger partial charge < -0.3 is 4.43 Å². The number of benzene rings is 1. The van der Waals surface area contributed by atoms with E-state index in [1.807, 2.05) is 24.3 Å². The molecule has 0 amide bonds. The summed E-state index contributed by atoms with van der Waals surface area (Å²) in [6, 6.07) is 7.63. The van der Waals surface area contributed by atoms with Gasteiger partial charge in [-0.2, -0.15) is 0 Å². The van der Waals surface area contributed by atoms with E-state index in [4.69, 9.17) is 4.43 Å². The average Bonchev–Trinajstić information content (AvgIpc) is 2.27. The third-order valence-corrected chi connectivity index (χ3v) is 8.37. The van der Waals surface area contributed by atoms with Crippen LogP contribution in [0.4, 0.5) is 0 Å². The quantitative estimate of drug-likeness (QED) is 0.587. The fraction of sp³-hybridized carbons (Fsp3) is 0.533. The first kappa shape index (κ1) is 15.1. The molecule has 2 nitrogen and oxygen atoms in total. The van der Waals surface area contributed by atoms with Crippen LogP contribution >= 0.6 is 0 Å². The Labute approximate surface area is 111 Å². The predicted octanol–water partition coefficient (Wildman–Crippen LogP) is 4.58. The van der Waals surface area contributed by atoms with Crippen molar-refractivity contribution in [2.24, 2.45) is 0 Å². The van der Waals surface area contributed by atoms with Crippen LogP contribution in [0.15, 0.2) is 24.3 Å². The molecule has 0 unspecified atom stereocenters. The van der Waals surface area contributed by atoms with Crippen LogP contribution in [0.3, 0.4) is 0 Å². The summed E-state index contributed by atoms with van der Waals surface area (Å²) in [5.74, 6) is 0. The highest BCUT2D eigenvalue weighted by atomic mass is 28.4. The number of hydrogen-bond acceptors (Lipinski definition) is 2. The largest absolute Gasteiger partial charge is 0.410 e. The highest BCUT2D eigenvalue weighted by Gasteiger charge is 2.38. The van der Waals surface area contributed by atoms with Gasteiger partial charge >= 0.3 is 0 Å². The lowest BCUT2D eigenvalue weighted by molar-refractivity contribution is 0.112. The summed E-state index contributed by atoms with van der Waals surface area (Å²) < 4.78 is 6.31. The highest BCUT2D eigenvalue weighted by molar-refractivity contribution is 6.74. The predicted molar refractivity (Wildman–Crippen MR) is 78.5 cm³/mol. The average molecular weight is 264 g/mol. The van der Waals surface area contributed by atoms with Crippen LogP contribution in [0.2, 0.25) is 18.1 Å². The van der Waals surface area contributed by atoms with Gasteiger partial charge in [-0.15, -0.1) is 0 Å². The number of aldehydes is 1. The molecule has 0 heterocycles. The van der Waals surface area contributed by atoms with Gasteiger partial charge in [-0.25, -0.2) is 0 Å². The molecule has 0 aliphatic rings. The maximum absolute atomic E-state index is 10.6. The third-order valence-electron chi connectivity index (χ3n) is 3.82. The van der Waals surface area contributed by atoms with E-state index in [0.29, 0.717) is 5.56 Å². The van der Waals surface area contributed by atoms with Crippen molar-refractivity contribution in [1.29, 1.82) is 0 Å². The van der Waals surface area contributed by atoms with Crippen LogP contribution in [0.5, 0.6) is 0 Å². The summed E-state index contributed by atoms with van der Waals surface area (Å²) in [5, 5.41) is 0.212. The molecule has 0 aliphatic carbocycles. The van der Waals surface area contributed by atoms with Crippen LogP contribution in [-0.2, 0) is 4.43 Å². The highest BCUT2D eigenvalue weighted by Crippen LogP contribution is 2.39. The van der Waals surface area contributed by atoms with Crippen molar-refractivity contribution < 1.29 is 9.22 Å². The van der Waals surface area contributed by atoms with E-state index in [-0.39, 0.29) is 11.1 Å². The second kappa shape index (κ2) is 5.37. The molecule has 1 atom stereocenters. The molecule has 0 saturated heterocycles. The van der Waals surface area contributed by atoms with Crippen molar-refractivity contribution in [2.75, 3.05) is 0 Å². The zero-order valence-corrected chi connectivity index (χ0v) is 13.3. The van der Waals surface area contributed by atoms with Crippen molar-refractivity contribution in [2.45, 2.75) is 51.9 Å². The van der Waals surface area contributed by atoms with E-state index < -0.39 is 8.32 Å². The van der Waals surface area contributed by atoms with Crippen LogP contribution in [0, 0.1) is 0 Å². The zero-order valence-electron chi connectivity index (χ0n) is 12.3. The summed E-state index contributed by atoms with van der Waals surface area (Å²) in [4.78, 5) is 10.6. The smallest absolute Gasteiger partial charge is 0.192 e. The Morgan fingerprint density at radius 3 is 2.06 bits per heavy atom. The van der Waals surface area contributed by atoms with E-state index >= 15 is 0 Å². The van der Waals surface area contributed by atoms with Gasteiger partial charge in [0.2, 0.25) is 0 Å². The molecule has 1 aromatic rings. The van der Waals surface area contributed by atoms with E-state index in [0.717, 1.165) is 11.8 Å². The second-order valence-corrected chi connectivity index (χ2v) is 11.1. The number of carbonyl (C=O) groups is 1. The first-order valence-corrected chi connectivity index (χ1v) is 9.31.